The average Bonchev–Trinajstić information content (AvgIpc) is 3.10. The SMILES string of the molecule is CC(=O)NCCn1c(SCc2ccccc2)c2ccsc2c1C. The molecular formula is C18H20N2OS2. The highest BCUT2D eigenvalue weighted by molar-refractivity contribution is 7.98. The lowest BCUT2D eigenvalue weighted by Crippen LogP contribution is -2.25. The minimum Gasteiger partial charge on any atom is -0.355 e. The van der Waals surface area contributed by atoms with Crippen molar-refractivity contribution in [3.63, 3.8) is 0 Å². The highest BCUT2D eigenvalue weighted by atomic mass is 32.2. The highest BCUT2D eigenvalue weighted by Gasteiger charge is 2.15. The molecular weight excluding hydrogens is 324 g/mol. The Morgan fingerprint density at radius 3 is 2.78 bits per heavy atom. The molecule has 0 spiro atoms. The van der Waals surface area contributed by atoms with Crippen LogP contribution in [0.3, 0.4) is 0 Å². The topological polar surface area (TPSA) is 34.0 Å². The third-order valence-electron chi connectivity index (χ3n) is 3.80. The van der Waals surface area contributed by atoms with Gasteiger partial charge in [-0.1, -0.05) is 30.3 Å². The van der Waals surface area contributed by atoms with E-state index in [0.29, 0.717) is 6.54 Å². The average molecular weight is 345 g/mol. The lowest BCUT2D eigenvalue weighted by molar-refractivity contribution is -0.118. The highest BCUT2D eigenvalue weighted by Crippen LogP contribution is 2.37. The summed E-state index contributed by atoms with van der Waals surface area (Å²) < 4.78 is 3.69. The van der Waals surface area contributed by atoms with E-state index in [1.54, 1.807) is 18.3 Å². The maximum atomic E-state index is 11.1. The molecule has 5 heteroatoms. The van der Waals surface area contributed by atoms with E-state index in [2.05, 4.69) is 52.5 Å². The van der Waals surface area contributed by atoms with Crippen LogP contribution in [0, 0.1) is 6.92 Å². The third kappa shape index (κ3) is 3.62. The zero-order valence-electron chi connectivity index (χ0n) is 13.3. The number of carbonyl (C=O) groups is 1. The fourth-order valence-electron chi connectivity index (χ4n) is 2.67. The number of amides is 1. The van der Waals surface area contributed by atoms with E-state index in [0.717, 1.165) is 12.3 Å². The summed E-state index contributed by atoms with van der Waals surface area (Å²) in [6.45, 7) is 5.20. The second-order valence-electron chi connectivity index (χ2n) is 5.46. The van der Waals surface area contributed by atoms with Crippen molar-refractivity contribution in [1.82, 2.24) is 9.88 Å². The first-order valence-electron chi connectivity index (χ1n) is 7.64. The van der Waals surface area contributed by atoms with Crippen LogP contribution in [0.1, 0.15) is 18.2 Å². The minimum atomic E-state index is 0.0232. The number of thiophene rings is 1. The van der Waals surface area contributed by atoms with Gasteiger partial charge in [0.1, 0.15) is 0 Å². The number of fused-ring (bicyclic) bond motifs is 1. The molecule has 120 valence electrons. The van der Waals surface area contributed by atoms with Crippen molar-refractivity contribution in [2.45, 2.75) is 31.2 Å². The molecule has 0 unspecified atom stereocenters. The predicted molar refractivity (Wildman–Crippen MR) is 99.2 cm³/mol. The Labute approximate surface area is 144 Å². The van der Waals surface area contributed by atoms with Gasteiger partial charge in [-0.3, -0.25) is 4.79 Å². The van der Waals surface area contributed by atoms with Gasteiger partial charge in [0.15, 0.2) is 0 Å². The maximum Gasteiger partial charge on any atom is 0.216 e. The van der Waals surface area contributed by atoms with Crippen LogP contribution in [0.15, 0.2) is 46.8 Å². The van der Waals surface area contributed by atoms with Gasteiger partial charge in [-0.15, -0.1) is 23.1 Å². The van der Waals surface area contributed by atoms with E-state index in [-0.39, 0.29) is 5.91 Å². The molecule has 0 saturated heterocycles. The lowest BCUT2D eigenvalue weighted by Gasteiger charge is -2.12. The van der Waals surface area contributed by atoms with Crippen molar-refractivity contribution in [3.8, 4) is 0 Å². The molecule has 0 aliphatic rings. The summed E-state index contributed by atoms with van der Waals surface area (Å²) in [5, 5.41) is 7.68. The summed E-state index contributed by atoms with van der Waals surface area (Å²) in [6.07, 6.45) is 0. The summed E-state index contributed by atoms with van der Waals surface area (Å²) in [5.74, 6) is 0.977. The molecule has 23 heavy (non-hydrogen) atoms. The van der Waals surface area contributed by atoms with Crippen molar-refractivity contribution in [2.24, 2.45) is 0 Å². The number of carbonyl (C=O) groups excluding carboxylic acids is 1. The molecule has 2 aromatic heterocycles. The zero-order valence-corrected chi connectivity index (χ0v) is 15.0. The largest absolute Gasteiger partial charge is 0.355 e. The number of aryl methyl sites for hydroxylation is 1. The number of hydrogen-bond acceptors (Lipinski definition) is 3. The van der Waals surface area contributed by atoms with Crippen LogP contribution < -0.4 is 5.32 Å². The van der Waals surface area contributed by atoms with E-state index < -0.39 is 0 Å². The van der Waals surface area contributed by atoms with Crippen molar-refractivity contribution in [2.75, 3.05) is 6.54 Å². The summed E-state index contributed by atoms with van der Waals surface area (Å²) in [6, 6.07) is 12.7. The van der Waals surface area contributed by atoms with Gasteiger partial charge < -0.3 is 9.88 Å². The Morgan fingerprint density at radius 1 is 1.26 bits per heavy atom. The number of nitrogens with one attached hydrogen (secondary N) is 1. The van der Waals surface area contributed by atoms with Crippen molar-refractivity contribution in [1.29, 1.82) is 0 Å². The Morgan fingerprint density at radius 2 is 2.04 bits per heavy atom. The quantitative estimate of drug-likeness (QED) is 0.671. The first-order valence-corrected chi connectivity index (χ1v) is 9.51. The van der Waals surface area contributed by atoms with E-state index >= 15 is 0 Å². The minimum absolute atomic E-state index is 0.0232. The van der Waals surface area contributed by atoms with Crippen LogP contribution in [0.25, 0.3) is 10.1 Å². The van der Waals surface area contributed by atoms with Gasteiger partial charge >= 0.3 is 0 Å². The molecule has 3 aromatic rings. The molecule has 1 N–H and O–H groups in total. The fraction of sp³-hybridized carbons (Fsp3) is 0.278. The van der Waals surface area contributed by atoms with Gasteiger partial charge in [-0.25, -0.2) is 0 Å². The normalized spacial score (nSPS) is 11.0. The van der Waals surface area contributed by atoms with Gasteiger partial charge in [0.25, 0.3) is 0 Å². The standard InChI is InChI=1S/C18H20N2OS2/c1-13-17-16(8-11-22-17)18(20(13)10-9-19-14(2)21)23-12-15-6-4-3-5-7-15/h3-8,11H,9-10,12H2,1-2H3,(H,19,21). The maximum absolute atomic E-state index is 11.1. The number of thioether (sulfide) groups is 1. The van der Waals surface area contributed by atoms with Gasteiger partial charge in [0, 0.05) is 36.8 Å². The molecule has 0 bridgehead atoms. The number of aromatic nitrogens is 1. The molecule has 0 aliphatic heterocycles. The van der Waals surface area contributed by atoms with Crippen LogP contribution in [-0.2, 0) is 17.1 Å². The number of hydrogen-bond donors (Lipinski definition) is 1. The third-order valence-corrected chi connectivity index (χ3v) is 6.02. The van der Waals surface area contributed by atoms with E-state index in [1.807, 2.05) is 17.8 Å². The van der Waals surface area contributed by atoms with Crippen LogP contribution in [0.2, 0.25) is 0 Å². The molecule has 0 aliphatic carbocycles. The number of benzene rings is 1. The molecule has 0 atom stereocenters. The van der Waals surface area contributed by atoms with Gasteiger partial charge in [-0.05, 0) is 23.9 Å². The Hall–Kier alpha value is -1.72. The Kier molecular flexibility index (Phi) is 5.08. The molecule has 3 rings (SSSR count). The second-order valence-corrected chi connectivity index (χ2v) is 7.34. The monoisotopic (exact) mass is 344 g/mol. The molecule has 0 saturated carbocycles. The molecule has 1 aromatic carbocycles. The fourth-order valence-corrected chi connectivity index (χ4v) is 4.86. The Bertz CT molecular complexity index is 805. The molecule has 2 heterocycles. The van der Waals surface area contributed by atoms with E-state index in [4.69, 9.17) is 0 Å². The number of rotatable bonds is 6. The van der Waals surface area contributed by atoms with Crippen LogP contribution in [0.4, 0.5) is 0 Å². The van der Waals surface area contributed by atoms with Crippen molar-refractivity contribution >= 4 is 39.1 Å². The lowest BCUT2D eigenvalue weighted by atomic mass is 10.2. The molecule has 0 fully saturated rings. The number of nitrogens with zero attached hydrogens (tertiary/aromatic N) is 1. The van der Waals surface area contributed by atoms with Crippen LogP contribution in [-0.4, -0.2) is 17.0 Å². The first kappa shape index (κ1) is 16.1. The van der Waals surface area contributed by atoms with Gasteiger partial charge in [0.2, 0.25) is 5.91 Å². The summed E-state index contributed by atoms with van der Waals surface area (Å²) in [5.41, 5.74) is 2.61. The molecule has 1 amide bonds. The van der Waals surface area contributed by atoms with Crippen LogP contribution >= 0.6 is 23.1 Å². The van der Waals surface area contributed by atoms with Gasteiger partial charge in [0.05, 0.1) is 9.73 Å². The van der Waals surface area contributed by atoms with Crippen molar-refractivity contribution < 1.29 is 4.79 Å². The van der Waals surface area contributed by atoms with E-state index in [9.17, 15) is 4.79 Å². The first-order chi connectivity index (χ1) is 11.2. The summed E-state index contributed by atoms with van der Waals surface area (Å²) in [7, 11) is 0. The van der Waals surface area contributed by atoms with E-state index in [1.165, 1.54) is 26.4 Å². The van der Waals surface area contributed by atoms with Gasteiger partial charge in [-0.2, -0.15) is 0 Å². The van der Waals surface area contributed by atoms with Crippen LogP contribution in [0.5, 0.6) is 0 Å². The summed E-state index contributed by atoms with van der Waals surface area (Å²) >= 11 is 3.66. The second kappa shape index (κ2) is 7.23. The Balaban J connectivity index is 1.84. The van der Waals surface area contributed by atoms with Crippen molar-refractivity contribution in [3.05, 3.63) is 53.0 Å². The smallest absolute Gasteiger partial charge is 0.216 e. The summed E-state index contributed by atoms with van der Waals surface area (Å²) in [4.78, 5) is 11.1. The molecule has 0 radical (unpaired) electrons. The zero-order chi connectivity index (χ0) is 16.2. The predicted octanol–water partition coefficient (Wildman–Crippen LogP) is 4.44. The molecule has 3 nitrogen and oxygen atoms in total.